The summed E-state index contributed by atoms with van der Waals surface area (Å²) in [6, 6.07) is 48.7. The Morgan fingerprint density at radius 2 is 1.21 bits per heavy atom. The number of phenols is 1. The van der Waals surface area contributed by atoms with Crippen LogP contribution in [0.25, 0.3) is 0 Å². The maximum atomic E-state index is 13.4. The number of primary amides is 1. The number of phenolic OH excluding ortho intramolecular Hbond substituents is 1. The molecule has 0 aliphatic heterocycles. The molecular weight excluding hydrogens is 899 g/mol. The predicted molar refractivity (Wildman–Crippen MR) is 281 cm³/mol. The summed E-state index contributed by atoms with van der Waals surface area (Å²) in [5.74, 6) is -3.44. The molecule has 6 rings (SSSR count). The number of rotatable bonds is 23. The molecular formula is C59H74F2N4O6. The van der Waals surface area contributed by atoms with E-state index in [1.807, 2.05) is 69.3 Å². The topological polar surface area (TPSA) is 166 Å². The molecule has 6 unspecified atom stereocenters. The number of hydrogen-bond donors (Lipinski definition) is 7. The number of benzene rings is 6. The number of aliphatic hydroxyl groups excluding tert-OH is 2. The van der Waals surface area contributed by atoms with Crippen molar-refractivity contribution < 1.29 is 38.4 Å². The summed E-state index contributed by atoms with van der Waals surface area (Å²) in [5, 5.41) is 40.0. The molecule has 6 aromatic rings. The van der Waals surface area contributed by atoms with Crippen molar-refractivity contribution >= 4 is 11.9 Å². The van der Waals surface area contributed by atoms with Crippen molar-refractivity contribution in [3.05, 3.63) is 208 Å². The summed E-state index contributed by atoms with van der Waals surface area (Å²) in [6.45, 7) is 12.1. The van der Waals surface area contributed by atoms with E-state index < -0.39 is 24.0 Å². The molecule has 0 heterocycles. The molecule has 8 N–H and O–H groups in total. The van der Waals surface area contributed by atoms with E-state index >= 15 is 0 Å². The number of halogens is 2. The minimum atomic E-state index is -2.84. The fourth-order valence-corrected chi connectivity index (χ4v) is 7.79. The van der Waals surface area contributed by atoms with Gasteiger partial charge in [0.05, 0.1) is 17.8 Å². The van der Waals surface area contributed by atoms with Crippen LogP contribution in [0.3, 0.4) is 0 Å². The number of aliphatic hydroxyl groups is 2. The Kier molecular flexibility index (Phi) is 24.0. The van der Waals surface area contributed by atoms with Crippen LogP contribution in [-0.4, -0.2) is 71.1 Å². The van der Waals surface area contributed by atoms with Gasteiger partial charge in [-0.2, -0.15) is 0 Å². The van der Waals surface area contributed by atoms with Crippen LogP contribution in [0.2, 0.25) is 0 Å². The zero-order chi connectivity index (χ0) is 51.8. The molecule has 0 saturated heterocycles. The number of hydrogen-bond acceptors (Lipinski definition) is 9. The van der Waals surface area contributed by atoms with Gasteiger partial charge in [-0.1, -0.05) is 121 Å². The summed E-state index contributed by atoms with van der Waals surface area (Å²) in [5.41, 5.74) is 12.2. The van der Waals surface area contributed by atoms with Crippen molar-refractivity contribution in [1.29, 1.82) is 0 Å². The lowest BCUT2D eigenvalue weighted by atomic mass is 10.0. The summed E-state index contributed by atoms with van der Waals surface area (Å²) in [6.07, 6.45) is 3.42. The molecule has 0 aromatic heterocycles. The average Bonchev–Trinajstić information content (AvgIpc) is 3.36. The third-order valence-corrected chi connectivity index (χ3v) is 12.1. The molecule has 0 aliphatic carbocycles. The van der Waals surface area contributed by atoms with Crippen molar-refractivity contribution in [3.8, 4) is 5.75 Å². The van der Waals surface area contributed by atoms with Gasteiger partial charge in [-0.3, -0.25) is 4.79 Å². The second kappa shape index (κ2) is 29.8. The normalized spacial score (nSPS) is 13.7. The van der Waals surface area contributed by atoms with Crippen LogP contribution in [0.5, 0.6) is 5.75 Å². The van der Waals surface area contributed by atoms with Crippen molar-refractivity contribution in [2.45, 2.75) is 116 Å². The number of nitrogens with one attached hydrogen (secondary N) is 3. The maximum absolute atomic E-state index is 13.4. The number of carbonyl (C=O) groups excluding carboxylic acids is 2. The monoisotopic (exact) mass is 973 g/mol. The van der Waals surface area contributed by atoms with Crippen LogP contribution in [-0.2, 0) is 29.9 Å². The van der Waals surface area contributed by atoms with Gasteiger partial charge in [0.1, 0.15) is 12.4 Å². The van der Waals surface area contributed by atoms with Gasteiger partial charge in [0.15, 0.2) is 0 Å². The van der Waals surface area contributed by atoms with E-state index in [0.717, 1.165) is 49.3 Å². The molecule has 0 spiro atoms. The van der Waals surface area contributed by atoms with Crippen molar-refractivity contribution in [1.82, 2.24) is 16.0 Å². The first-order valence-corrected chi connectivity index (χ1v) is 24.4. The number of carbonyl (C=O) groups is 2. The van der Waals surface area contributed by atoms with E-state index in [1.54, 1.807) is 60.7 Å². The standard InChI is InChI=1S/C20H23F2NO2.C20H26N2O2.C19H25NO2/c1-15(13-16-7-6-10-18(14-16)20(2,21)22)23-11-12-25-19(24)17-8-4-3-5-9-17;1-14-8-11-17(12-18(14)20(21)24)19(23)13-22-15(2)9-10-16-6-4-3-5-7-16;1-14(8-9-16-6-4-3-5-7-16)20-15(2)19(22)17-10-12-18(21)13-11-17/h3-10,14-15,23H,11-13H2,1-2H3;3-8,11-12,15,19,22-23H,9-10,13H2,1-2H3,(H2,21,24);3-7,10-15,19-22H,8-9H2,1-2H3. The number of ether oxygens (including phenoxy) is 1. The lowest BCUT2D eigenvalue weighted by Gasteiger charge is -2.25. The molecule has 380 valence electrons. The van der Waals surface area contributed by atoms with E-state index in [0.29, 0.717) is 48.3 Å². The largest absolute Gasteiger partial charge is 0.508 e. The molecule has 6 aromatic carbocycles. The van der Waals surface area contributed by atoms with Gasteiger partial charge in [-0.25, -0.2) is 13.6 Å². The Hall–Kier alpha value is -6.28. The zero-order valence-electron chi connectivity index (χ0n) is 42.0. The van der Waals surface area contributed by atoms with Crippen molar-refractivity contribution in [3.63, 3.8) is 0 Å². The smallest absolute Gasteiger partial charge is 0.338 e. The van der Waals surface area contributed by atoms with Crippen LogP contribution in [0.1, 0.15) is 119 Å². The number of aromatic hydroxyl groups is 1. The van der Waals surface area contributed by atoms with Gasteiger partial charge < -0.3 is 41.7 Å². The summed E-state index contributed by atoms with van der Waals surface area (Å²) < 4.78 is 31.9. The van der Waals surface area contributed by atoms with Crippen LogP contribution in [0.4, 0.5) is 8.78 Å². The SMILES string of the molecule is CC(CCc1ccccc1)NC(C)C(O)c1ccc(O)cc1.CC(Cc1cccc(C(C)(F)F)c1)NCCOC(=O)c1ccccc1.Cc1ccc(C(O)CNC(C)CCc2ccccc2)cc1C(N)=O. The third-order valence-electron chi connectivity index (χ3n) is 12.1. The molecule has 6 atom stereocenters. The van der Waals surface area contributed by atoms with Gasteiger partial charge >= 0.3 is 5.97 Å². The second-order valence-corrected chi connectivity index (χ2v) is 18.4. The molecule has 0 saturated carbocycles. The van der Waals surface area contributed by atoms with Crippen LogP contribution in [0.15, 0.2) is 158 Å². The Bertz CT molecular complexity index is 2460. The third kappa shape index (κ3) is 21.3. The van der Waals surface area contributed by atoms with E-state index in [4.69, 9.17) is 10.5 Å². The van der Waals surface area contributed by atoms with Gasteiger partial charge in [0, 0.05) is 55.3 Å². The maximum Gasteiger partial charge on any atom is 0.338 e. The Morgan fingerprint density at radius 3 is 1.79 bits per heavy atom. The Balaban J connectivity index is 0.000000232. The van der Waals surface area contributed by atoms with Gasteiger partial charge in [-0.15, -0.1) is 0 Å². The summed E-state index contributed by atoms with van der Waals surface area (Å²) in [4.78, 5) is 23.2. The number of nitrogens with two attached hydrogens (primary N) is 1. The number of alkyl halides is 2. The van der Waals surface area contributed by atoms with Crippen LogP contribution >= 0.6 is 0 Å². The highest BCUT2D eigenvalue weighted by atomic mass is 19.3. The highest BCUT2D eigenvalue weighted by Crippen LogP contribution is 2.28. The number of aryl methyl sites for hydroxylation is 3. The molecule has 0 bridgehead atoms. The van der Waals surface area contributed by atoms with E-state index in [-0.39, 0.29) is 36.0 Å². The van der Waals surface area contributed by atoms with E-state index in [9.17, 15) is 33.7 Å². The minimum Gasteiger partial charge on any atom is -0.508 e. The van der Waals surface area contributed by atoms with E-state index in [1.165, 1.54) is 23.3 Å². The van der Waals surface area contributed by atoms with Crippen molar-refractivity contribution in [2.24, 2.45) is 5.73 Å². The number of amides is 1. The van der Waals surface area contributed by atoms with Crippen LogP contribution in [0, 0.1) is 6.92 Å². The minimum absolute atomic E-state index is 0.0222. The lowest BCUT2D eigenvalue weighted by molar-refractivity contribution is 0.0173. The summed E-state index contributed by atoms with van der Waals surface area (Å²) >= 11 is 0. The lowest BCUT2D eigenvalue weighted by Crippen LogP contribution is -2.38. The quantitative estimate of drug-likeness (QED) is 0.0244. The van der Waals surface area contributed by atoms with E-state index in [2.05, 4.69) is 66.2 Å². The van der Waals surface area contributed by atoms with Gasteiger partial charge in [0.25, 0.3) is 5.92 Å². The first-order valence-electron chi connectivity index (χ1n) is 24.4. The molecule has 0 aliphatic rings. The highest BCUT2D eigenvalue weighted by molar-refractivity contribution is 5.94. The van der Waals surface area contributed by atoms with Crippen molar-refractivity contribution in [2.75, 3.05) is 19.7 Å². The number of esters is 1. The fraction of sp³-hybridized carbons (Fsp3) is 0.356. The van der Waals surface area contributed by atoms with Gasteiger partial charge in [0.2, 0.25) is 5.91 Å². The zero-order valence-corrected chi connectivity index (χ0v) is 42.0. The summed E-state index contributed by atoms with van der Waals surface area (Å²) in [7, 11) is 0. The Labute approximate surface area is 419 Å². The van der Waals surface area contributed by atoms with Gasteiger partial charge in [-0.05, 0) is 137 Å². The average molecular weight is 973 g/mol. The first-order chi connectivity index (χ1) is 33.9. The molecule has 71 heavy (non-hydrogen) atoms. The molecule has 1 amide bonds. The molecule has 12 heteroatoms. The predicted octanol–water partition coefficient (Wildman–Crippen LogP) is 10.3. The Morgan fingerprint density at radius 1 is 0.662 bits per heavy atom. The first kappa shape index (κ1) is 57.3. The van der Waals surface area contributed by atoms with Crippen LogP contribution < -0.4 is 21.7 Å². The highest BCUT2D eigenvalue weighted by Gasteiger charge is 2.24. The molecule has 0 fully saturated rings. The molecule has 0 radical (unpaired) electrons. The molecule has 10 nitrogen and oxygen atoms in total. The second-order valence-electron chi connectivity index (χ2n) is 18.4. The fourth-order valence-electron chi connectivity index (χ4n) is 7.79.